The lowest BCUT2D eigenvalue weighted by Gasteiger charge is -2.38. The van der Waals surface area contributed by atoms with Gasteiger partial charge in [0.1, 0.15) is 29.9 Å². The van der Waals surface area contributed by atoms with Crippen molar-refractivity contribution in [2.24, 2.45) is 0 Å². The number of nitrogens with one attached hydrogen (secondary N) is 2. The average Bonchev–Trinajstić information content (AvgIpc) is 3.64. The molecule has 0 bridgehead atoms. The molecule has 10 nitrogen and oxygen atoms in total. The highest BCUT2D eigenvalue weighted by Gasteiger charge is 2.49. The standard InChI is InChI=1S/C25H23ClF3N5O5/c26-12-5-15-22(33-24(31-15)39-17-7-38-19-16(35)6-37-20(17)19)32-21(12)30-14-2-1-10-3-11(4-13(27)18(10)14)23(36)34-8-25(28,29)9-34/h3-5,14,16-17,19-20,35H,1-2,6-9H2,(H2,30,31,32,33)/t14?,16-,17-,19-,20-/m1/s1. The molecule has 1 aliphatic carbocycles. The molecule has 1 unspecified atom stereocenters. The summed E-state index contributed by atoms with van der Waals surface area (Å²) >= 11 is 6.48. The van der Waals surface area contributed by atoms with E-state index in [2.05, 4.69) is 20.3 Å². The number of nitrogens with zero attached hydrogens (tertiary/aromatic N) is 3. The molecule has 3 aromatic rings. The Morgan fingerprint density at radius 3 is 2.79 bits per heavy atom. The predicted octanol–water partition coefficient (Wildman–Crippen LogP) is 2.85. The molecule has 14 heteroatoms. The molecule has 7 rings (SSSR count). The van der Waals surface area contributed by atoms with E-state index in [1.54, 1.807) is 12.1 Å². The molecular weight excluding hydrogens is 543 g/mol. The number of benzene rings is 1. The molecule has 3 saturated heterocycles. The number of aliphatic hydroxyl groups excluding tert-OH is 1. The molecule has 206 valence electrons. The van der Waals surface area contributed by atoms with Crippen LogP contribution in [0.4, 0.5) is 19.0 Å². The first-order valence-electron chi connectivity index (χ1n) is 12.6. The second kappa shape index (κ2) is 8.95. The van der Waals surface area contributed by atoms with Gasteiger partial charge >= 0.3 is 0 Å². The van der Waals surface area contributed by atoms with E-state index in [9.17, 15) is 18.7 Å². The van der Waals surface area contributed by atoms with Crippen LogP contribution in [0, 0.1) is 5.82 Å². The van der Waals surface area contributed by atoms with Gasteiger partial charge in [0.2, 0.25) is 0 Å². The fourth-order valence-electron chi connectivity index (χ4n) is 5.73. The summed E-state index contributed by atoms with van der Waals surface area (Å²) in [5, 5.41) is 13.4. The van der Waals surface area contributed by atoms with Gasteiger partial charge in [0, 0.05) is 11.1 Å². The van der Waals surface area contributed by atoms with Crippen LogP contribution in [-0.2, 0) is 15.9 Å². The van der Waals surface area contributed by atoms with E-state index in [1.807, 2.05) is 0 Å². The molecule has 3 fully saturated rings. The normalized spacial score (nSPS) is 28.8. The van der Waals surface area contributed by atoms with Crippen LogP contribution in [0.25, 0.3) is 11.2 Å². The number of hydrogen-bond donors (Lipinski definition) is 3. The average molecular weight is 566 g/mol. The van der Waals surface area contributed by atoms with Crippen molar-refractivity contribution >= 4 is 34.5 Å². The number of rotatable bonds is 5. The third-order valence-electron chi connectivity index (χ3n) is 7.61. The van der Waals surface area contributed by atoms with Crippen LogP contribution in [-0.4, -0.2) is 87.5 Å². The SMILES string of the molecule is O=C(c1cc(F)c2c(c1)CCC2Nc1nc2nc(O[C@@H]3CO[C@H]4[C@@H]3OC[C@H]4O)[nH]c2cc1Cl)N1CC(F)(F)C1. The van der Waals surface area contributed by atoms with Gasteiger partial charge in [-0.2, -0.15) is 4.98 Å². The molecule has 0 saturated carbocycles. The number of pyridine rings is 1. The van der Waals surface area contributed by atoms with Crippen LogP contribution in [0.2, 0.25) is 5.02 Å². The lowest BCUT2D eigenvalue weighted by atomic mass is 10.0. The van der Waals surface area contributed by atoms with Crippen molar-refractivity contribution in [1.82, 2.24) is 19.9 Å². The number of H-pyrrole nitrogens is 1. The zero-order chi connectivity index (χ0) is 27.1. The Kier molecular flexibility index (Phi) is 5.71. The zero-order valence-corrected chi connectivity index (χ0v) is 21.1. The minimum Gasteiger partial charge on any atom is -0.456 e. The number of ether oxygens (including phenoxy) is 3. The van der Waals surface area contributed by atoms with Crippen LogP contribution in [0.3, 0.4) is 0 Å². The lowest BCUT2D eigenvalue weighted by molar-refractivity contribution is -0.113. The first-order chi connectivity index (χ1) is 18.6. The molecular formula is C25H23ClF3N5O5. The molecule has 1 aromatic carbocycles. The maximum Gasteiger partial charge on any atom is 0.296 e. The summed E-state index contributed by atoms with van der Waals surface area (Å²) < 4.78 is 58.6. The van der Waals surface area contributed by atoms with Gasteiger partial charge in [-0.25, -0.2) is 18.2 Å². The molecule has 5 heterocycles. The molecule has 5 atom stereocenters. The second-order valence-corrected chi connectivity index (χ2v) is 10.7. The van der Waals surface area contributed by atoms with Crippen molar-refractivity contribution < 1.29 is 37.3 Å². The van der Waals surface area contributed by atoms with Crippen LogP contribution >= 0.6 is 11.6 Å². The van der Waals surface area contributed by atoms with Gasteiger partial charge in [0.25, 0.3) is 17.8 Å². The summed E-state index contributed by atoms with van der Waals surface area (Å²) in [6, 6.07) is 4.02. The fourth-order valence-corrected chi connectivity index (χ4v) is 5.93. The van der Waals surface area contributed by atoms with Crippen LogP contribution in [0.5, 0.6) is 6.01 Å². The Morgan fingerprint density at radius 2 is 2.00 bits per heavy atom. The smallest absolute Gasteiger partial charge is 0.296 e. The van der Waals surface area contributed by atoms with Crippen molar-refractivity contribution in [1.29, 1.82) is 0 Å². The summed E-state index contributed by atoms with van der Waals surface area (Å²) in [6.45, 7) is -0.891. The van der Waals surface area contributed by atoms with Crippen LogP contribution in [0.1, 0.15) is 33.9 Å². The van der Waals surface area contributed by atoms with Gasteiger partial charge < -0.3 is 34.5 Å². The van der Waals surface area contributed by atoms with Crippen molar-refractivity contribution in [3.05, 3.63) is 45.7 Å². The minimum atomic E-state index is -2.89. The van der Waals surface area contributed by atoms with E-state index >= 15 is 4.39 Å². The summed E-state index contributed by atoms with van der Waals surface area (Å²) in [5.41, 5.74) is 1.93. The van der Waals surface area contributed by atoms with Crippen LogP contribution < -0.4 is 10.1 Å². The number of likely N-dealkylation sites (tertiary alicyclic amines) is 1. The molecule has 39 heavy (non-hydrogen) atoms. The third kappa shape index (κ3) is 4.28. The van der Waals surface area contributed by atoms with Gasteiger partial charge in [-0.3, -0.25) is 4.79 Å². The Balaban J connectivity index is 1.08. The van der Waals surface area contributed by atoms with Gasteiger partial charge in [0.15, 0.2) is 11.8 Å². The zero-order valence-electron chi connectivity index (χ0n) is 20.3. The number of amides is 1. The van der Waals surface area contributed by atoms with E-state index in [0.717, 1.165) is 11.0 Å². The Bertz CT molecular complexity index is 1480. The number of aryl methyl sites for hydroxylation is 1. The number of aliphatic hydroxyl groups is 1. The van der Waals surface area contributed by atoms with Gasteiger partial charge in [-0.05, 0) is 36.6 Å². The number of carbonyl (C=O) groups excluding carboxylic acids is 1. The Labute approximate surface area is 224 Å². The van der Waals surface area contributed by atoms with Gasteiger partial charge in [-0.15, -0.1) is 0 Å². The molecule has 1 amide bonds. The van der Waals surface area contributed by atoms with Crippen LogP contribution in [0.15, 0.2) is 18.2 Å². The monoisotopic (exact) mass is 565 g/mol. The van der Waals surface area contributed by atoms with E-state index in [0.29, 0.717) is 41.0 Å². The molecule has 0 spiro atoms. The number of carbonyl (C=O) groups is 1. The number of anilines is 1. The highest BCUT2D eigenvalue weighted by molar-refractivity contribution is 6.33. The van der Waals surface area contributed by atoms with E-state index in [4.69, 9.17) is 25.8 Å². The van der Waals surface area contributed by atoms with Gasteiger partial charge in [0.05, 0.1) is 42.9 Å². The highest BCUT2D eigenvalue weighted by Crippen LogP contribution is 2.39. The number of hydrogen-bond acceptors (Lipinski definition) is 8. The number of imidazole rings is 1. The first kappa shape index (κ1) is 24.9. The lowest BCUT2D eigenvalue weighted by Crippen LogP contribution is -2.58. The summed E-state index contributed by atoms with van der Waals surface area (Å²) in [5.74, 6) is -3.80. The maximum atomic E-state index is 15.2. The first-order valence-corrected chi connectivity index (χ1v) is 12.9. The second-order valence-electron chi connectivity index (χ2n) is 10.3. The van der Waals surface area contributed by atoms with E-state index in [1.165, 1.54) is 0 Å². The topological polar surface area (TPSA) is 122 Å². The van der Waals surface area contributed by atoms with Crippen molar-refractivity contribution in [2.75, 3.05) is 31.6 Å². The minimum absolute atomic E-state index is 0.0560. The van der Waals surface area contributed by atoms with E-state index in [-0.39, 0.29) is 29.8 Å². The van der Waals surface area contributed by atoms with Crippen molar-refractivity contribution in [3.8, 4) is 6.01 Å². The molecule has 3 aliphatic heterocycles. The number of aromatic amines is 1. The Hall–Kier alpha value is -3.13. The highest BCUT2D eigenvalue weighted by atomic mass is 35.5. The van der Waals surface area contributed by atoms with Crippen molar-refractivity contribution in [2.45, 2.75) is 49.2 Å². The molecule has 4 aliphatic rings. The molecule has 0 radical (unpaired) electrons. The number of alkyl halides is 2. The summed E-state index contributed by atoms with van der Waals surface area (Å²) in [6.07, 6.45) is -0.974. The van der Waals surface area contributed by atoms with E-state index < -0.39 is 61.2 Å². The summed E-state index contributed by atoms with van der Waals surface area (Å²) in [7, 11) is 0. The largest absolute Gasteiger partial charge is 0.456 e. The number of aromatic nitrogens is 3. The quantitative estimate of drug-likeness (QED) is 0.432. The Morgan fingerprint density at radius 1 is 1.21 bits per heavy atom. The maximum absolute atomic E-state index is 15.2. The third-order valence-corrected chi connectivity index (χ3v) is 7.89. The molecule has 2 aromatic heterocycles. The summed E-state index contributed by atoms with van der Waals surface area (Å²) in [4.78, 5) is 25.4. The number of fused-ring (bicyclic) bond motifs is 3. The molecule has 3 N–H and O–H groups in total. The fraction of sp³-hybridized carbons (Fsp3) is 0.480. The van der Waals surface area contributed by atoms with Crippen molar-refractivity contribution in [3.63, 3.8) is 0 Å². The number of halogens is 4. The predicted molar refractivity (Wildman–Crippen MR) is 131 cm³/mol. The van der Waals surface area contributed by atoms with Gasteiger partial charge in [-0.1, -0.05) is 11.6 Å².